The minimum Gasteiger partial charge on any atom is -0.450 e. The van der Waals surface area contributed by atoms with E-state index in [0.717, 1.165) is 19.6 Å². The van der Waals surface area contributed by atoms with E-state index in [1.807, 2.05) is 0 Å². The van der Waals surface area contributed by atoms with Gasteiger partial charge in [-0.3, -0.25) is 9.48 Å². The number of nitrogens with zero attached hydrogens (tertiary/aromatic N) is 5. The summed E-state index contributed by atoms with van der Waals surface area (Å²) >= 11 is 0. The van der Waals surface area contributed by atoms with E-state index in [1.165, 1.54) is 12.8 Å². The number of aromatic nitrogens is 3. The summed E-state index contributed by atoms with van der Waals surface area (Å²) in [5.74, 6) is 0.406. The van der Waals surface area contributed by atoms with Crippen LogP contribution in [0.1, 0.15) is 30.3 Å². The van der Waals surface area contributed by atoms with Crippen LogP contribution in [-0.4, -0.2) is 82.7 Å². The number of nitrogens with one attached hydrogen (secondary N) is 1. The van der Waals surface area contributed by atoms with Crippen molar-refractivity contribution >= 4 is 12.0 Å². The van der Waals surface area contributed by atoms with Crippen LogP contribution in [0.2, 0.25) is 0 Å². The van der Waals surface area contributed by atoms with Gasteiger partial charge in [-0.25, -0.2) is 4.79 Å². The van der Waals surface area contributed by atoms with Crippen molar-refractivity contribution in [1.82, 2.24) is 30.1 Å². The fourth-order valence-electron chi connectivity index (χ4n) is 3.30. The average Bonchev–Trinajstić information content (AvgIpc) is 3.11. The smallest absolute Gasteiger partial charge is 0.409 e. The van der Waals surface area contributed by atoms with E-state index in [4.69, 9.17) is 4.74 Å². The molecule has 9 heteroatoms. The lowest BCUT2D eigenvalue weighted by atomic mass is 10.00. The maximum absolute atomic E-state index is 12.6. The number of hydrogen-bond donors (Lipinski definition) is 1. The Morgan fingerprint density at radius 2 is 2.04 bits per heavy atom. The maximum atomic E-state index is 12.6. The van der Waals surface area contributed by atoms with Gasteiger partial charge in [0, 0.05) is 32.7 Å². The van der Waals surface area contributed by atoms with Crippen LogP contribution in [-0.2, 0) is 11.3 Å². The standard InChI is InChI=1S/C16H26N6O3/c1-2-25-16(24)21-8-6-20(7-9-21)15(23)14-12-22(19-18-14)11-13-4-3-5-17-10-13/h12-13,17H,2-11H2,1H3/t13-/m0/s1. The molecule has 0 unspecified atom stereocenters. The molecular formula is C16H26N6O3. The largest absolute Gasteiger partial charge is 0.450 e. The highest BCUT2D eigenvalue weighted by molar-refractivity contribution is 5.92. The Balaban J connectivity index is 1.51. The molecular weight excluding hydrogens is 324 g/mol. The number of rotatable bonds is 4. The highest BCUT2D eigenvalue weighted by atomic mass is 16.6. The first-order valence-electron chi connectivity index (χ1n) is 8.99. The third-order valence-corrected chi connectivity index (χ3v) is 4.69. The molecule has 1 aromatic heterocycles. The Morgan fingerprint density at radius 1 is 1.28 bits per heavy atom. The molecule has 0 saturated carbocycles. The van der Waals surface area contributed by atoms with Gasteiger partial charge in [-0.2, -0.15) is 0 Å². The minimum absolute atomic E-state index is 0.128. The maximum Gasteiger partial charge on any atom is 0.409 e. The van der Waals surface area contributed by atoms with Gasteiger partial charge in [0.15, 0.2) is 5.69 Å². The topological polar surface area (TPSA) is 92.6 Å². The Bertz CT molecular complexity index is 590. The van der Waals surface area contributed by atoms with Crippen LogP contribution < -0.4 is 5.32 Å². The van der Waals surface area contributed by atoms with Crippen LogP contribution >= 0.6 is 0 Å². The lowest BCUT2D eigenvalue weighted by Crippen LogP contribution is -2.50. The van der Waals surface area contributed by atoms with Crippen LogP contribution in [0.4, 0.5) is 4.79 Å². The normalized spacial score (nSPS) is 21.2. The molecule has 0 spiro atoms. The molecule has 1 N–H and O–H groups in total. The van der Waals surface area contributed by atoms with E-state index in [1.54, 1.807) is 27.6 Å². The third kappa shape index (κ3) is 4.47. The number of piperazine rings is 1. The molecule has 25 heavy (non-hydrogen) atoms. The second kappa shape index (κ2) is 8.28. The molecule has 0 bridgehead atoms. The Labute approximate surface area is 147 Å². The number of carbonyl (C=O) groups excluding carboxylic acids is 2. The summed E-state index contributed by atoms with van der Waals surface area (Å²) in [5, 5.41) is 11.5. The molecule has 2 amide bonds. The summed E-state index contributed by atoms with van der Waals surface area (Å²) in [6.07, 6.45) is 3.76. The van der Waals surface area contributed by atoms with Gasteiger partial charge in [0.05, 0.1) is 12.8 Å². The molecule has 1 atom stereocenters. The summed E-state index contributed by atoms with van der Waals surface area (Å²) in [6, 6.07) is 0. The van der Waals surface area contributed by atoms with E-state index in [9.17, 15) is 9.59 Å². The lowest BCUT2D eigenvalue weighted by molar-refractivity contribution is 0.0566. The zero-order chi connectivity index (χ0) is 17.6. The lowest BCUT2D eigenvalue weighted by Gasteiger charge is -2.33. The van der Waals surface area contributed by atoms with Crippen molar-refractivity contribution in [1.29, 1.82) is 0 Å². The Morgan fingerprint density at radius 3 is 2.72 bits per heavy atom. The van der Waals surface area contributed by atoms with Crippen LogP contribution in [0, 0.1) is 5.92 Å². The van der Waals surface area contributed by atoms with Crippen molar-refractivity contribution in [3.05, 3.63) is 11.9 Å². The number of amides is 2. The van der Waals surface area contributed by atoms with Gasteiger partial charge in [-0.15, -0.1) is 5.10 Å². The van der Waals surface area contributed by atoms with Crippen LogP contribution in [0.15, 0.2) is 6.20 Å². The molecule has 138 valence electrons. The van der Waals surface area contributed by atoms with Crippen molar-refractivity contribution in [3.8, 4) is 0 Å². The van der Waals surface area contributed by atoms with Crippen LogP contribution in [0.5, 0.6) is 0 Å². The summed E-state index contributed by atoms with van der Waals surface area (Å²) < 4.78 is 6.75. The van der Waals surface area contributed by atoms with Crippen molar-refractivity contribution in [2.75, 3.05) is 45.9 Å². The highest BCUT2D eigenvalue weighted by Crippen LogP contribution is 2.13. The third-order valence-electron chi connectivity index (χ3n) is 4.69. The molecule has 0 aliphatic carbocycles. The summed E-state index contributed by atoms with van der Waals surface area (Å²) in [7, 11) is 0. The fourth-order valence-corrected chi connectivity index (χ4v) is 3.30. The molecule has 9 nitrogen and oxygen atoms in total. The molecule has 0 aromatic carbocycles. The molecule has 2 aliphatic heterocycles. The van der Waals surface area contributed by atoms with E-state index in [-0.39, 0.29) is 12.0 Å². The Hall–Kier alpha value is -2.16. The summed E-state index contributed by atoms with van der Waals surface area (Å²) in [4.78, 5) is 27.6. The van der Waals surface area contributed by atoms with Gasteiger partial charge in [-0.1, -0.05) is 5.21 Å². The number of piperidine rings is 1. The van der Waals surface area contributed by atoms with Crippen molar-refractivity contribution < 1.29 is 14.3 Å². The predicted molar refractivity (Wildman–Crippen MR) is 90.1 cm³/mol. The van der Waals surface area contributed by atoms with Gasteiger partial charge in [-0.05, 0) is 38.8 Å². The number of ether oxygens (including phenoxy) is 1. The Kier molecular flexibility index (Phi) is 5.85. The predicted octanol–water partition coefficient (Wildman–Crippen LogP) is 0.192. The summed E-state index contributed by atoms with van der Waals surface area (Å²) in [5.41, 5.74) is 0.369. The van der Waals surface area contributed by atoms with Crippen LogP contribution in [0.25, 0.3) is 0 Å². The average molecular weight is 350 g/mol. The van der Waals surface area contributed by atoms with Crippen molar-refractivity contribution in [2.24, 2.45) is 5.92 Å². The SMILES string of the molecule is CCOC(=O)N1CCN(C(=O)c2cn(C[C@H]3CCCNC3)nn2)CC1. The molecule has 0 radical (unpaired) electrons. The van der Waals surface area contributed by atoms with Gasteiger partial charge in [0.1, 0.15) is 0 Å². The van der Waals surface area contributed by atoms with E-state index < -0.39 is 0 Å². The first-order chi connectivity index (χ1) is 12.2. The first-order valence-corrected chi connectivity index (χ1v) is 8.99. The molecule has 2 saturated heterocycles. The first kappa shape index (κ1) is 17.7. The van der Waals surface area contributed by atoms with Gasteiger partial charge in [0.25, 0.3) is 5.91 Å². The number of carbonyl (C=O) groups is 2. The van der Waals surface area contributed by atoms with Crippen molar-refractivity contribution in [3.63, 3.8) is 0 Å². The molecule has 2 aliphatic rings. The van der Waals surface area contributed by atoms with Crippen molar-refractivity contribution in [2.45, 2.75) is 26.3 Å². The highest BCUT2D eigenvalue weighted by Gasteiger charge is 2.27. The van der Waals surface area contributed by atoms with E-state index in [2.05, 4.69) is 15.6 Å². The second-order valence-corrected chi connectivity index (χ2v) is 6.52. The zero-order valence-corrected chi connectivity index (χ0v) is 14.7. The minimum atomic E-state index is -0.318. The van der Waals surface area contributed by atoms with Crippen LogP contribution in [0.3, 0.4) is 0 Å². The molecule has 1 aromatic rings. The monoisotopic (exact) mass is 350 g/mol. The van der Waals surface area contributed by atoms with Gasteiger partial charge < -0.3 is 19.9 Å². The molecule has 2 fully saturated rings. The second-order valence-electron chi connectivity index (χ2n) is 6.52. The van der Waals surface area contributed by atoms with Gasteiger partial charge in [0.2, 0.25) is 0 Å². The zero-order valence-electron chi connectivity index (χ0n) is 14.7. The summed E-state index contributed by atoms with van der Waals surface area (Å²) in [6.45, 7) is 6.91. The fraction of sp³-hybridized carbons (Fsp3) is 0.750. The molecule has 3 rings (SSSR count). The number of hydrogen-bond acceptors (Lipinski definition) is 6. The van der Waals surface area contributed by atoms with E-state index >= 15 is 0 Å². The van der Waals surface area contributed by atoms with Gasteiger partial charge >= 0.3 is 6.09 Å². The van der Waals surface area contributed by atoms with E-state index in [0.29, 0.717) is 44.4 Å². The molecule has 3 heterocycles. The quantitative estimate of drug-likeness (QED) is 0.833.